The molecule has 0 amide bonds. The Bertz CT molecular complexity index is 306. The topological polar surface area (TPSA) is 26.3 Å². The van der Waals surface area contributed by atoms with Crippen LogP contribution in [0.4, 0.5) is 0 Å². The van der Waals surface area contributed by atoms with E-state index in [1.54, 1.807) is 0 Å². The van der Waals surface area contributed by atoms with Gasteiger partial charge in [0.15, 0.2) is 8.32 Å². The minimum absolute atomic E-state index is 0.0348. The molecule has 0 aromatic carbocycles. The summed E-state index contributed by atoms with van der Waals surface area (Å²) in [6.07, 6.45) is 4.75. The molecule has 0 radical (unpaired) electrons. The monoisotopic (exact) mass is 240 g/mol. The van der Waals surface area contributed by atoms with E-state index < -0.39 is 8.32 Å². The Kier molecular flexibility index (Phi) is 2.63. The van der Waals surface area contributed by atoms with Gasteiger partial charge < -0.3 is 9.22 Å². The van der Waals surface area contributed by atoms with E-state index in [1.807, 2.05) is 0 Å². The molecule has 0 aliphatic heterocycles. The molecule has 2 saturated carbocycles. The molecule has 2 fully saturated rings. The Hall–Kier alpha value is -0.153. The molecule has 3 unspecified atom stereocenters. The van der Waals surface area contributed by atoms with Gasteiger partial charge in [0.1, 0.15) is 6.29 Å². The maximum Gasteiger partial charge on any atom is 0.192 e. The molecule has 0 aromatic heterocycles. The SMILES string of the molecule is CC(C)(C)[Si](C)(C)OC1CC2CC2(C=O)C1. The molecule has 92 valence electrons. The van der Waals surface area contributed by atoms with Crippen molar-refractivity contribution in [3.05, 3.63) is 0 Å². The summed E-state index contributed by atoms with van der Waals surface area (Å²) in [5.74, 6) is 0.639. The van der Waals surface area contributed by atoms with Crippen molar-refractivity contribution in [3.8, 4) is 0 Å². The summed E-state index contributed by atoms with van der Waals surface area (Å²) in [5.41, 5.74) is 0.0348. The molecule has 2 aliphatic carbocycles. The molecule has 0 saturated heterocycles. The largest absolute Gasteiger partial charge is 0.414 e. The van der Waals surface area contributed by atoms with Gasteiger partial charge in [-0.1, -0.05) is 20.8 Å². The van der Waals surface area contributed by atoms with E-state index in [4.69, 9.17) is 4.43 Å². The quantitative estimate of drug-likeness (QED) is 0.558. The van der Waals surface area contributed by atoms with Crippen molar-refractivity contribution in [2.45, 2.75) is 64.3 Å². The molecule has 0 aromatic rings. The van der Waals surface area contributed by atoms with Gasteiger partial charge in [-0.3, -0.25) is 0 Å². The fraction of sp³-hybridized carbons (Fsp3) is 0.923. The van der Waals surface area contributed by atoms with Crippen LogP contribution in [0, 0.1) is 11.3 Å². The number of carbonyl (C=O) groups excluding carboxylic acids is 1. The molecule has 0 heterocycles. The number of rotatable bonds is 3. The highest BCUT2D eigenvalue weighted by Crippen LogP contribution is 2.63. The standard InChI is InChI=1S/C13H24O2Si/c1-12(2,3)16(4,5)15-11-6-10-7-13(10,8-11)9-14/h9-11H,6-8H2,1-5H3. The Morgan fingerprint density at radius 1 is 1.31 bits per heavy atom. The first-order valence-corrected chi connectivity index (χ1v) is 9.25. The zero-order chi connectivity index (χ0) is 12.2. The molecule has 0 bridgehead atoms. The number of fused-ring (bicyclic) bond motifs is 1. The van der Waals surface area contributed by atoms with Crippen molar-refractivity contribution in [3.63, 3.8) is 0 Å². The third kappa shape index (κ3) is 1.88. The highest BCUT2D eigenvalue weighted by molar-refractivity contribution is 6.74. The van der Waals surface area contributed by atoms with Gasteiger partial charge in [-0.05, 0) is 43.3 Å². The van der Waals surface area contributed by atoms with Crippen LogP contribution in [0.1, 0.15) is 40.0 Å². The Morgan fingerprint density at radius 3 is 2.38 bits per heavy atom. The Morgan fingerprint density at radius 2 is 1.94 bits per heavy atom. The van der Waals surface area contributed by atoms with Crippen molar-refractivity contribution in [2.75, 3.05) is 0 Å². The van der Waals surface area contributed by atoms with E-state index in [9.17, 15) is 4.79 Å². The lowest BCUT2D eigenvalue weighted by Gasteiger charge is -2.39. The predicted molar refractivity (Wildman–Crippen MR) is 67.9 cm³/mol. The van der Waals surface area contributed by atoms with Crippen molar-refractivity contribution >= 4 is 14.6 Å². The van der Waals surface area contributed by atoms with Crippen LogP contribution in [-0.2, 0) is 9.22 Å². The summed E-state index contributed by atoms with van der Waals surface area (Å²) in [6, 6.07) is 0. The molecule has 2 rings (SSSR count). The van der Waals surface area contributed by atoms with Crippen LogP contribution >= 0.6 is 0 Å². The van der Waals surface area contributed by atoms with E-state index in [0.29, 0.717) is 12.0 Å². The summed E-state index contributed by atoms with van der Waals surface area (Å²) >= 11 is 0. The average Bonchev–Trinajstić information content (AvgIpc) is 2.67. The normalized spacial score (nSPS) is 38.3. The molecular weight excluding hydrogens is 216 g/mol. The first kappa shape index (κ1) is 12.3. The molecule has 16 heavy (non-hydrogen) atoms. The summed E-state index contributed by atoms with van der Waals surface area (Å²) in [7, 11) is -1.64. The van der Waals surface area contributed by atoms with Crippen LogP contribution in [-0.4, -0.2) is 20.7 Å². The molecule has 3 atom stereocenters. The van der Waals surface area contributed by atoms with Crippen LogP contribution in [0.3, 0.4) is 0 Å². The van der Waals surface area contributed by atoms with E-state index in [-0.39, 0.29) is 10.5 Å². The average molecular weight is 240 g/mol. The van der Waals surface area contributed by atoms with Gasteiger partial charge >= 0.3 is 0 Å². The Balaban J connectivity index is 1.96. The fourth-order valence-electron chi connectivity index (χ4n) is 2.67. The number of hydrogen-bond donors (Lipinski definition) is 0. The van der Waals surface area contributed by atoms with E-state index in [2.05, 4.69) is 33.9 Å². The van der Waals surface area contributed by atoms with Gasteiger partial charge in [0.25, 0.3) is 0 Å². The first-order chi connectivity index (χ1) is 7.20. The molecule has 0 spiro atoms. The number of hydrogen-bond acceptors (Lipinski definition) is 2. The van der Waals surface area contributed by atoms with Gasteiger partial charge in [-0.2, -0.15) is 0 Å². The summed E-state index contributed by atoms with van der Waals surface area (Å²) in [6.45, 7) is 11.4. The van der Waals surface area contributed by atoms with Crippen molar-refractivity contribution < 1.29 is 9.22 Å². The van der Waals surface area contributed by atoms with Gasteiger partial charge in [-0.15, -0.1) is 0 Å². The maximum atomic E-state index is 11.0. The minimum Gasteiger partial charge on any atom is -0.414 e. The van der Waals surface area contributed by atoms with Crippen LogP contribution in [0.2, 0.25) is 18.1 Å². The fourth-order valence-corrected chi connectivity index (χ4v) is 4.03. The van der Waals surface area contributed by atoms with Crippen molar-refractivity contribution in [1.29, 1.82) is 0 Å². The van der Waals surface area contributed by atoms with Gasteiger partial charge in [-0.25, -0.2) is 0 Å². The van der Waals surface area contributed by atoms with Crippen molar-refractivity contribution in [1.82, 2.24) is 0 Å². The lowest BCUT2D eigenvalue weighted by Crippen LogP contribution is -2.43. The maximum absolute atomic E-state index is 11.0. The summed E-state index contributed by atoms with van der Waals surface area (Å²) in [5, 5.41) is 0.272. The van der Waals surface area contributed by atoms with Crippen LogP contribution in [0.25, 0.3) is 0 Å². The van der Waals surface area contributed by atoms with Crippen molar-refractivity contribution in [2.24, 2.45) is 11.3 Å². The van der Waals surface area contributed by atoms with E-state index in [1.165, 1.54) is 6.29 Å². The minimum atomic E-state index is -1.64. The zero-order valence-corrected chi connectivity index (χ0v) is 12.2. The lowest BCUT2D eigenvalue weighted by atomic mass is 10.1. The van der Waals surface area contributed by atoms with Crippen LogP contribution < -0.4 is 0 Å². The smallest absolute Gasteiger partial charge is 0.192 e. The second-order valence-electron chi connectivity index (χ2n) is 7.19. The van der Waals surface area contributed by atoms with Crippen LogP contribution in [0.5, 0.6) is 0 Å². The highest BCUT2D eigenvalue weighted by Gasteiger charge is 2.61. The van der Waals surface area contributed by atoms with Gasteiger partial charge in [0.05, 0.1) is 0 Å². The van der Waals surface area contributed by atoms with E-state index in [0.717, 1.165) is 19.3 Å². The molecule has 0 N–H and O–H groups in total. The molecule has 2 aliphatic rings. The van der Waals surface area contributed by atoms with E-state index >= 15 is 0 Å². The molecular formula is C13H24O2Si. The van der Waals surface area contributed by atoms with Gasteiger partial charge in [0, 0.05) is 11.5 Å². The Labute approximate surface area is 99.9 Å². The second kappa shape index (κ2) is 3.42. The van der Waals surface area contributed by atoms with Gasteiger partial charge in [0.2, 0.25) is 0 Å². The predicted octanol–water partition coefficient (Wildman–Crippen LogP) is 3.38. The molecule has 2 nitrogen and oxygen atoms in total. The number of aldehydes is 1. The highest BCUT2D eigenvalue weighted by atomic mass is 28.4. The second-order valence-corrected chi connectivity index (χ2v) is 11.9. The lowest BCUT2D eigenvalue weighted by molar-refractivity contribution is -0.112. The first-order valence-electron chi connectivity index (χ1n) is 6.34. The number of carbonyl (C=O) groups is 1. The third-order valence-corrected chi connectivity index (χ3v) is 9.47. The van der Waals surface area contributed by atoms with Crippen LogP contribution in [0.15, 0.2) is 0 Å². The third-order valence-electron chi connectivity index (χ3n) is 4.94. The zero-order valence-electron chi connectivity index (χ0n) is 11.2. The molecule has 3 heteroatoms. The summed E-state index contributed by atoms with van der Waals surface area (Å²) in [4.78, 5) is 11.0. The summed E-state index contributed by atoms with van der Waals surface area (Å²) < 4.78 is 6.37.